The second-order valence-electron chi connectivity index (χ2n) is 28.8. The number of allylic oxidation sites excluding steroid dienone is 11. The number of esters is 1. The molecule has 7 unspecified atom stereocenters. The fourth-order valence-electron chi connectivity index (χ4n) is 13.0. The van der Waals surface area contributed by atoms with Crippen LogP contribution < -0.4 is 5.32 Å². The van der Waals surface area contributed by atoms with Crippen LogP contribution in [-0.2, 0) is 23.8 Å². The molecule has 1 fully saturated rings. The summed E-state index contributed by atoms with van der Waals surface area (Å²) in [5, 5.41) is 54.5. The zero-order valence-electron chi connectivity index (χ0n) is 63.3. The maximum Gasteiger partial charge on any atom is 0.305 e. The van der Waals surface area contributed by atoms with Crippen LogP contribution in [0.5, 0.6) is 0 Å². The number of hydrogen-bond acceptors (Lipinski definition) is 10. The van der Waals surface area contributed by atoms with Gasteiger partial charge in [0.15, 0.2) is 6.29 Å². The monoisotopic (exact) mass is 1360 g/mol. The van der Waals surface area contributed by atoms with Crippen molar-refractivity contribution in [2.45, 2.75) is 442 Å². The summed E-state index contributed by atoms with van der Waals surface area (Å²) in [7, 11) is 0. The van der Waals surface area contributed by atoms with Crippen molar-refractivity contribution in [1.82, 2.24) is 5.32 Å². The predicted octanol–water partition coefficient (Wildman–Crippen LogP) is 23.0. The molecule has 7 atom stereocenters. The number of hydrogen-bond donors (Lipinski definition) is 6. The van der Waals surface area contributed by atoms with Gasteiger partial charge in [0.05, 0.1) is 32.0 Å². The summed E-state index contributed by atoms with van der Waals surface area (Å²) >= 11 is 0. The quantitative estimate of drug-likeness (QED) is 0.0195. The molecule has 0 radical (unpaired) electrons. The van der Waals surface area contributed by atoms with Gasteiger partial charge in [0.2, 0.25) is 5.91 Å². The second kappa shape index (κ2) is 74.3. The number of amides is 1. The van der Waals surface area contributed by atoms with E-state index >= 15 is 0 Å². The Balaban J connectivity index is 1.88. The highest BCUT2D eigenvalue weighted by atomic mass is 16.7. The van der Waals surface area contributed by atoms with Gasteiger partial charge in [-0.3, -0.25) is 9.59 Å². The van der Waals surface area contributed by atoms with E-state index in [9.17, 15) is 35.1 Å². The molecule has 11 nitrogen and oxygen atoms in total. The van der Waals surface area contributed by atoms with Crippen LogP contribution in [0, 0.1) is 0 Å². The first-order valence-corrected chi connectivity index (χ1v) is 41.7. The van der Waals surface area contributed by atoms with Crippen LogP contribution in [0.25, 0.3) is 0 Å². The zero-order chi connectivity index (χ0) is 70.1. The van der Waals surface area contributed by atoms with Gasteiger partial charge in [-0.1, -0.05) is 350 Å². The zero-order valence-corrected chi connectivity index (χ0v) is 63.3. The Morgan fingerprint density at radius 1 is 0.381 bits per heavy atom. The Bertz CT molecular complexity index is 1850. The van der Waals surface area contributed by atoms with Crippen LogP contribution in [0.2, 0.25) is 0 Å². The molecule has 0 spiro atoms. The van der Waals surface area contributed by atoms with Gasteiger partial charge in [0.25, 0.3) is 0 Å². The fourth-order valence-corrected chi connectivity index (χ4v) is 13.0. The lowest BCUT2D eigenvalue weighted by atomic mass is 9.99. The van der Waals surface area contributed by atoms with Gasteiger partial charge in [0.1, 0.15) is 24.4 Å². The van der Waals surface area contributed by atoms with E-state index in [1.54, 1.807) is 6.08 Å². The molecule has 1 aliphatic rings. The molecule has 566 valence electrons. The fraction of sp³-hybridized carbons (Fsp3) is 0.837. The Morgan fingerprint density at radius 2 is 0.711 bits per heavy atom. The van der Waals surface area contributed by atoms with Crippen molar-refractivity contribution in [3.8, 4) is 0 Å². The molecule has 6 N–H and O–H groups in total. The number of carbonyl (C=O) groups is 2. The largest absolute Gasteiger partial charge is 0.466 e. The van der Waals surface area contributed by atoms with Crippen LogP contribution in [0.3, 0.4) is 0 Å². The highest BCUT2D eigenvalue weighted by molar-refractivity contribution is 5.76. The number of aliphatic hydroxyl groups is 5. The summed E-state index contributed by atoms with van der Waals surface area (Å²) in [6.45, 7) is 4.31. The molecule has 1 aliphatic heterocycles. The Kier molecular flexibility index (Phi) is 70.5. The molecule has 1 rings (SSSR count). The summed E-state index contributed by atoms with van der Waals surface area (Å²) in [4.78, 5) is 25.2. The van der Waals surface area contributed by atoms with Crippen LogP contribution in [0.1, 0.15) is 399 Å². The number of carbonyl (C=O) groups excluding carboxylic acids is 2. The van der Waals surface area contributed by atoms with Gasteiger partial charge < -0.3 is 45.1 Å². The van der Waals surface area contributed by atoms with Gasteiger partial charge in [-0.2, -0.15) is 0 Å². The first kappa shape index (κ1) is 92.1. The number of aliphatic hydroxyl groups excluding tert-OH is 5. The van der Waals surface area contributed by atoms with Gasteiger partial charge >= 0.3 is 5.97 Å². The lowest BCUT2D eigenvalue weighted by Crippen LogP contribution is -2.60. The molecule has 0 bridgehead atoms. The van der Waals surface area contributed by atoms with Crippen LogP contribution in [0.4, 0.5) is 0 Å². The standard InChI is InChI=1S/C86H157NO10/c1-3-5-7-9-11-13-15-17-18-19-44-47-50-54-58-62-66-70-74-82(91)95-75-71-67-63-59-55-51-48-45-42-40-38-36-34-32-30-28-26-24-22-20-21-23-25-27-29-31-33-35-37-39-41-43-46-49-53-57-61-65-69-73-81(90)87-78(77-96-86-85(94)84(93)83(92)80(76-88)97-86)79(89)72-68-64-60-56-52-16-14-12-10-8-6-4-2/h10,12,18-21,24,26,52,56,68,72,78-80,83-86,88-89,92-94H,3-9,11,13-17,22-23,25,27-51,53-55,57-67,69-71,73-77H2,1-2H3,(H,87,90)/b12-10+,19-18-,21-20-,26-24-,56-52+,72-68+. The molecule has 0 aliphatic carbocycles. The van der Waals surface area contributed by atoms with Crippen molar-refractivity contribution >= 4 is 11.9 Å². The molecular formula is C86H157NO10. The van der Waals surface area contributed by atoms with Crippen LogP contribution in [0.15, 0.2) is 72.9 Å². The number of rotatable bonds is 74. The molecule has 0 aromatic heterocycles. The van der Waals surface area contributed by atoms with E-state index in [2.05, 4.69) is 79.9 Å². The number of nitrogens with one attached hydrogen (secondary N) is 1. The van der Waals surface area contributed by atoms with Crippen molar-refractivity contribution < 1.29 is 49.3 Å². The molecule has 97 heavy (non-hydrogen) atoms. The highest BCUT2D eigenvalue weighted by Gasteiger charge is 2.44. The van der Waals surface area contributed by atoms with Crippen molar-refractivity contribution in [3.05, 3.63) is 72.9 Å². The third-order valence-electron chi connectivity index (χ3n) is 19.5. The summed E-state index contributed by atoms with van der Waals surface area (Å²) in [6, 6.07) is -0.833. The Labute approximate surface area is 598 Å². The molecule has 1 saturated heterocycles. The summed E-state index contributed by atoms with van der Waals surface area (Å²) in [5.41, 5.74) is 0. The van der Waals surface area contributed by atoms with Crippen LogP contribution in [-0.4, -0.2) is 100 Å². The maximum atomic E-state index is 13.1. The molecule has 0 saturated carbocycles. The van der Waals surface area contributed by atoms with E-state index in [1.165, 1.54) is 295 Å². The SMILES string of the molecule is CCCC/C=C/CC/C=C/CC/C=C/C(O)C(COC1OC(CO)C(O)C(O)C1O)NC(=O)CCCCCCCCCCCCCCCCCCC/C=C\C/C=C\CCCCCCCCCCCCCCCCCOC(=O)CCCCCCCCC/C=C\CCCCCCCCC. The van der Waals surface area contributed by atoms with Gasteiger partial charge in [-0.05, 0) is 109 Å². The molecule has 0 aromatic carbocycles. The predicted molar refractivity (Wildman–Crippen MR) is 412 cm³/mol. The summed E-state index contributed by atoms with van der Waals surface area (Å²) < 4.78 is 16.8. The normalized spacial score (nSPS) is 17.6. The molecule has 0 aromatic rings. The van der Waals surface area contributed by atoms with E-state index in [-0.39, 0.29) is 18.5 Å². The third kappa shape index (κ3) is 62.6. The number of ether oxygens (including phenoxy) is 3. The van der Waals surface area contributed by atoms with E-state index in [4.69, 9.17) is 14.2 Å². The average molecular weight is 1370 g/mol. The van der Waals surface area contributed by atoms with E-state index < -0.39 is 49.5 Å². The minimum atomic E-state index is -1.58. The van der Waals surface area contributed by atoms with E-state index in [0.717, 1.165) is 77.0 Å². The maximum absolute atomic E-state index is 13.1. The molecule has 1 amide bonds. The second-order valence-corrected chi connectivity index (χ2v) is 28.8. The summed E-state index contributed by atoms with van der Waals surface area (Å²) in [6.07, 6.45) is 92.4. The van der Waals surface area contributed by atoms with Gasteiger partial charge in [0, 0.05) is 12.8 Å². The molecular weight excluding hydrogens is 1210 g/mol. The third-order valence-corrected chi connectivity index (χ3v) is 19.5. The van der Waals surface area contributed by atoms with Crippen molar-refractivity contribution in [2.75, 3.05) is 19.8 Å². The van der Waals surface area contributed by atoms with Crippen molar-refractivity contribution in [1.29, 1.82) is 0 Å². The van der Waals surface area contributed by atoms with E-state index in [0.29, 0.717) is 19.4 Å². The minimum absolute atomic E-state index is 0.0116. The van der Waals surface area contributed by atoms with Crippen molar-refractivity contribution in [2.24, 2.45) is 0 Å². The highest BCUT2D eigenvalue weighted by Crippen LogP contribution is 2.24. The molecule has 1 heterocycles. The Morgan fingerprint density at radius 3 is 1.11 bits per heavy atom. The lowest BCUT2D eigenvalue weighted by Gasteiger charge is -2.40. The summed E-state index contributed by atoms with van der Waals surface area (Å²) in [5.74, 6) is -0.182. The first-order chi connectivity index (χ1) is 47.7. The lowest BCUT2D eigenvalue weighted by molar-refractivity contribution is -0.302. The minimum Gasteiger partial charge on any atom is -0.466 e. The van der Waals surface area contributed by atoms with Crippen molar-refractivity contribution in [3.63, 3.8) is 0 Å². The average Bonchev–Trinajstić information content (AvgIpc) is 0.834. The van der Waals surface area contributed by atoms with E-state index in [1.807, 2.05) is 6.08 Å². The molecule has 11 heteroatoms. The Hall–Kier alpha value is -2.90. The topological polar surface area (TPSA) is 175 Å². The first-order valence-electron chi connectivity index (χ1n) is 41.7. The number of unbranched alkanes of at least 4 members (excludes halogenated alkanes) is 50. The van der Waals surface area contributed by atoms with Crippen LogP contribution >= 0.6 is 0 Å². The van der Waals surface area contributed by atoms with Gasteiger partial charge in [-0.25, -0.2) is 0 Å². The smallest absolute Gasteiger partial charge is 0.305 e. The van der Waals surface area contributed by atoms with Gasteiger partial charge in [-0.15, -0.1) is 0 Å².